The molecule has 10 aromatic rings. The minimum Gasteiger partial charge on any atom is -0.324 e. The van der Waals surface area contributed by atoms with Gasteiger partial charge < -0.3 is 24.5 Å². The number of hydrogen-bond donors (Lipinski definition) is 4. The van der Waals surface area contributed by atoms with E-state index in [1.807, 2.05) is 54.6 Å². The number of benzene rings is 5. The smallest absolute Gasteiger partial charge is 0.142 e. The lowest BCUT2D eigenvalue weighted by Gasteiger charge is -2.32. The van der Waals surface area contributed by atoms with E-state index >= 15 is 0 Å². The molecule has 1 aliphatic heterocycles. The van der Waals surface area contributed by atoms with Gasteiger partial charge in [0.2, 0.25) is 0 Å². The summed E-state index contributed by atoms with van der Waals surface area (Å²) in [6, 6.07) is 37.8. The minimum atomic E-state index is -0.138. The fourth-order valence-electron chi connectivity index (χ4n) is 9.47. The Morgan fingerprint density at radius 1 is 0.516 bits per heavy atom. The summed E-state index contributed by atoms with van der Waals surface area (Å²) in [5.74, 6) is 3.70. The van der Waals surface area contributed by atoms with Crippen molar-refractivity contribution in [3.63, 3.8) is 0 Å². The van der Waals surface area contributed by atoms with Crippen molar-refractivity contribution in [1.82, 2.24) is 29.5 Å². The number of H-pyrrole nitrogens is 4. The van der Waals surface area contributed by atoms with Gasteiger partial charge >= 0.3 is 0 Å². The number of imidazole rings is 1. The van der Waals surface area contributed by atoms with Gasteiger partial charge in [-0.05, 0) is 43.4 Å². The lowest BCUT2D eigenvalue weighted by molar-refractivity contribution is 0.442. The third kappa shape index (κ3) is 5.89. The van der Waals surface area contributed by atoms with Crippen molar-refractivity contribution in [3.05, 3.63) is 175 Å². The maximum Gasteiger partial charge on any atom is 0.142 e. The molecule has 0 spiro atoms. The van der Waals surface area contributed by atoms with E-state index in [2.05, 4.69) is 124 Å². The molecule has 0 atom stereocenters. The van der Waals surface area contributed by atoms with Crippen LogP contribution in [0.5, 0.6) is 0 Å². The number of aromatic nitrogens is 6. The Balaban J connectivity index is 1.18. The second-order valence-corrected chi connectivity index (χ2v) is 16.2. The molecule has 62 heavy (non-hydrogen) atoms. The van der Waals surface area contributed by atoms with Crippen molar-refractivity contribution in [2.45, 2.75) is 44.6 Å². The Hall–Kier alpha value is -7.85. The van der Waals surface area contributed by atoms with Gasteiger partial charge in [0.1, 0.15) is 51.0 Å². The molecule has 4 N–H and O–H groups in total. The lowest BCUT2D eigenvalue weighted by Crippen LogP contribution is -2.24. The molecule has 0 unspecified atom stereocenters. The molecule has 6 heterocycles. The molecular weight excluding hydrogens is 765 g/mol. The molecule has 8 bridgehead atoms. The molecule has 5 aromatic carbocycles. The first-order valence-electron chi connectivity index (χ1n) is 21.2. The average molecular weight is 809 g/mol. The van der Waals surface area contributed by atoms with Gasteiger partial charge in [-0.25, -0.2) is 25.0 Å². The van der Waals surface area contributed by atoms with E-state index in [1.54, 1.807) is 0 Å². The number of nitrogens with zero attached hydrogens (tertiary/aromatic N) is 6. The molecule has 0 amide bonds. The van der Waals surface area contributed by atoms with Crippen LogP contribution in [0.4, 0.5) is 23.3 Å². The molecular formula is C52H44N10. The maximum atomic E-state index is 5.36. The van der Waals surface area contributed by atoms with Gasteiger partial charge in [-0.2, -0.15) is 0 Å². The largest absolute Gasteiger partial charge is 0.324 e. The zero-order chi connectivity index (χ0) is 42.0. The molecule has 0 saturated carbocycles. The van der Waals surface area contributed by atoms with Crippen LogP contribution in [0.25, 0.3) is 65.5 Å². The summed E-state index contributed by atoms with van der Waals surface area (Å²) in [6.45, 7) is 15.2. The van der Waals surface area contributed by atoms with Gasteiger partial charge in [0.25, 0.3) is 0 Å². The normalized spacial score (nSPS) is 12.7. The van der Waals surface area contributed by atoms with Crippen molar-refractivity contribution in [3.8, 4) is 11.4 Å². The fraction of sp³-hybridized carbons (Fsp3) is 0.135. The van der Waals surface area contributed by atoms with E-state index in [0.717, 1.165) is 97.7 Å². The Bertz CT molecular complexity index is 3670. The van der Waals surface area contributed by atoms with Crippen molar-refractivity contribution in [2.24, 2.45) is 20.0 Å². The summed E-state index contributed by atoms with van der Waals surface area (Å²) in [7, 11) is 0. The minimum absolute atomic E-state index is 0.138. The lowest BCUT2D eigenvalue weighted by atomic mass is 9.72. The molecule has 1 aliphatic rings. The third-order valence-electron chi connectivity index (χ3n) is 12.4. The summed E-state index contributed by atoms with van der Waals surface area (Å²) in [6.07, 6.45) is 9.43. The van der Waals surface area contributed by atoms with Crippen molar-refractivity contribution in [2.75, 3.05) is 0 Å². The summed E-state index contributed by atoms with van der Waals surface area (Å²) in [5.41, 5.74) is 6.82. The second kappa shape index (κ2) is 14.7. The number of fused-ring (bicyclic) bond motifs is 21. The zero-order valence-electron chi connectivity index (χ0n) is 34.5. The van der Waals surface area contributed by atoms with Crippen LogP contribution >= 0.6 is 0 Å². The molecule has 5 aromatic heterocycles. The number of hydrogen-bond acceptors (Lipinski definition) is 5. The molecule has 10 heteroatoms. The molecule has 10 nitrogen and oxygen atoms in total. The quantitative estimate of drug-likeness (QED) is 0.101. The topological polar surface area (TPSA) is 130 Å². The fourth-order valence-corrected chi connectivity index (χ4v) is 9.47. The first-order valence-corrected chi connectivity index (χ1v) is 21.2. The van der Waals surface area contributed by atoms with Crippen LogP contribution < -0.4 is 22.0 Å². The van der Waals surface area contributed by atoms with Crippen molar-refractivity contribution >= 4 is 77.4 Å². The maximum absolute atomic E-state index is 5.36. The molecule has 0 aliphatic carbocycles. The van der Waals surface area contributed by atoms with E-state index in [-0.39, 0.29) is 5.41 Å². The Labute approximate surface area is 356 Å². The van der Waals surface area contributed by atoms with E-state index < -0.39 is 0 Å². The van der Waals surface area contributed by atoms with Crippen LogP contribution in [0, 0.1) is 0 Å². The summed E-state index contributed by atoms with van der Waals surface area (Å²) in [4.78, 5) is 40.8. The number of rotatable bonds is 10. The predicted molar refractivity (Wildman–Crippen MR) is 252 cm³/mol. The molecule has 11 rings (SSSR count). The van der Waals surface area contributed by atoms with E-state index in [4.69, 9.17) is 25.0 Å². The SMILES string of the molecule is C=CCC(CC=C)(CC=C)c1ccc(-c2nc3cc4c5[nH]c(c4cc3n2CCC)=Nc2[nH]c(c3ccccc23)N=c2[nH]c(c3ccccc23)=Nc2[nH]c(c3ccccc23)N=5)cc1. The summed E-state index contributed by atoms with van der Waals surface area (Å²) in [5, 5.41) is 7.61. The third-order valence-corrected chi connectivity index (χ3v) is 12.4. The van der Waals surface area contributed by atoms with Gasteiger partial charge in [-0.15, -0.1) is 19.7 Å². The van der Waals surface area contributed by atoms with Gasteiger partial charge in [-0.3, -0.25) is 0 Å². The molecule has 0 saturated heterocycles. The van der Waals surface area contributed by atoms with Gasteiger partial charge in [0, 0.05) is 60.6 Å². The van der Waals surface area contributed by atoms with Crippen LogP contribution in [0.1, 0.15) is 38.2 Å². The summed E-state index contributed by atoms with van der Waals surface area (Å²) >= 11 is 0. The van der Waals surface area contributed by atoms with E-state index in [0.29, 0.717) is 45.2 Å². The van der Waals surface area contributed by atoms with Crippen LogP contribution in [0.3, 0.4) is 0 Å². The van der Waals surface area contributed by atoms with Crippen LogP contribution in [-0.4, -0.2) is 29.5 Å². The van der Waals surface area contributed by atoms with E-state index in [9.17, 15) is 0 Å². The number of aromatic amines is 4. The molecule has 0 fully saturated rings. The monoisotopic (exact) mass is 808 g/mol. The second-order valence-electron chi connectivity index (χ2n) is 16.2. The average Bonchev–Trinajstić information content (AvgIpc) is 4.10. The highest BCUT2D eigenvalue weighted by Gasteiger charge is 2.29. The Morgan fingerprint density at radius 2 is 0.935 bits per heavy atom. The Morgan fingerprint density at radius 3 is 1.37 bits per heavy atom. The highest BCUT2D eigenvalue weighted by atomic mass is 15.1. The predicted octanol–water partition coefficient (Wildman–Crippen LogP) is 11.1. The molecule has 302 valence electrons. The Kier molecular flexibility index (Phi) is 8.82. The summed E-state index contributed by atoms with van der Waals surface area (Å²) < 4.78 is 2.33. The van der Waals surface area contributed by atoms with Crippen molar-refractivity contribution < 1.29 is 0 Å². The van der Waals surface area contributed by atoms with Crippen LogP contribution in [0.2, 0.25) is 0 Å². The number of aryl methyl sites for hydroxylation is 1. The van der Waals surface area contributed by atoms with Crippen LogP contribution in [0.15, 0.2) is 167 Å². The highest BCUT2D eigenvalue weighted by molar-refractivity contribution is 6.02. The van der Waals surface area contributed by atoms with Crippen LogP contribution in [-0.2, 0) is 12.0 Å². The highest BCUT2D eigenvalue weighted by Crippen LogP contribution is 2.39. The first kappa shape index (κ1) is 37.2. The molecule has 0 radical (unpaired) electrons. The van der Waals surface area contributed by atoms with Crippen molar-refractivity contribution in [1.29, 1.82) is 0 Å². The van der Waals surface area contributed by atoms with Gasteiger partial charge in [-0.1, -0.05) is 122 Å². The number of allylic oxidation sites excluding steroid dienone is 3. The van der Waals surface area contributed by atoms with Gasteiger partial charge in [0.05, 0.1) is 11.0 Å². The van der Waals surface area contributed by atoms with E-state index in [1.165, 1.54) is 5.56 Å². The standard InChI is InChI=1S/C52H44N10/c1-5-25-52(26-6-2,27-7-3)32-23-21-31(22-24-32)51-53-41-29-39-40(30-42(41)62(51)28-8-4)50-60-48-38-20-14-12-18-36(38)46(58-48)56-44-34-16-10-9-15-33(34)43(54-44)55-45-35-17-11-13-19-37(35)47(57-45)59-49(39)61-50/h5-7,9-24,29-30H,1-3,8,25-28H2,4H3,(H4,54,55,56,57,58,59,60,61). The van der Waals surface area contributed by atoms with Gasteiger partial charge in [0.15, 0.2) is 0 Å². The first-order chi connectivity index (χ1) is 30.5. The zero-order valence-corrected chi connectivity index (χ0v) is 34.5. The number of nitrogens with one attached hydrogen (secondary N) is 4.